The van der Waals surface area contributed by atoms with Gasteiger partial charge in [-0.1, -0.05) is 0 Å². The number of hydrogen-bond acceptors (Lipinski definition) is 2. The van der Waals surface area contributed by atoms with E-state index in [0.717, 1.165) is 0 Å². The van der Waals surface area contributed by atoms with Gasteiger partial charge in [-0.25, -0.2) is 4.39 Å². The van der Waals surface area contributed by atoms with Crippen molar-refractivity contribution >= 4 is 8.56 Å². The SMILES string of the molecule is CF.CO[Si](C)(C)OCCF. The highest BCUT2D eigenvalue weighted by Crippen LogP contribution is 2.02. The van der Waals surface area contributed by atoms with Crippen LogP contribution in [0.5, 0.6) is 0 Å². The van der Waals surface area contributed by atoms with Crippen LogP contribution in [-0.2, 0) is 8.85 Å². The first kappa shape index (κ1) is 13.6. The molecular weight excluding hydrogens is 170 g/mol. The zero-order valence-electron chi connectivity index (χ0n) is 7.49. The molecule has 0 aliphatic heterocycles. The quantitative estimate of drug-likeness (QED) is 0.624. The summed E-state index contributed by atoms with van der Waals surface area (Å²) in [5.74, 6) is 0. The second-order valence-corrected chi connectivity index (χ2v) is 5.64. The number of rotatable bonds is 4. The second-order valence-electron chi connectivity index (χ2n) is 2.14. The van der Waals surface area contributed by atoms with Gasteiger partial charge in [0.2, 0.25) is 0 Å². The van der Waals surface area contributed by atoms with Crippen molar-refractivity contribution < 1.29 is 17.6 Å². The molecule has 0 atom stereocenters. The van der Waals surface area contributed by atoms with Crippen molar-refractivity contribution in [1.82, 2.24) is 0 Å². The lowest BCUT2D eigenvalue weighted by Crippen LogP contribution is -2.33. The lowest BCUT2D eigenvalue weighted by Gasteiger charge is -2.18. The molecular formula is C6H16F2O2Si. The Hall–Kier alpha value is -0.00312. The van der Waals surface area contributed by atoms with Gasteiger partial charge in [0.25, 0.3) is 0 Å². The van der Waals surface area contributed by atoms with Crippen LogP contribution in [-0.4, -0.2) is 36.1 Å². The highest BCUT2D eigenvalue weighted by Gasteiger charge is 2.21. The molecule has 0 aromatic rings. The van der Waals surface area contributed by atoms with Gasteiger partial charge in [-0.15, -0.1) is 0 Å². The second kappa shape index (κ2) is 8.10. The minimum Gasteiger partial charge on any atom is -0.398 e. The topological polar surface area (TPSA) is 18.5 Å². The molecule has 2 nitrogen and oxygen atoms in total. The molecule has 0 unspecified atom stereocenters. The third-order valence-electron chi connectivity index (χ3n) is 1.02. The molecule has 0 aromatic heterocycles. The van der Waals surface area contributed by atoms with Crippen molar-refractivity contribution in [3.8, 4) is 0 Å². The van der Waals surface area contributed by atoms with Crippen LogP contribution >= 0.6 is 0 Å². The van der Waals surface area contributed by atoms with Gasteiger partial charge in [0.05, 0.1) is 13.8 Å². The van der Waals surface area contributed by atoms with Crippen LogP contribution < -0.4 is 0 Å². The highest BCUT2D eigenvalue weighted by atomic mass is 28.4. The lowest BCUT2D eigenvalue weighted by molar-refractivity contribution is 0.193. The molecule has 0 bridgehead atoms. The summed E-state index contributed by atoms with van der Waals surface area (Å²) in [5.41, 5.74) is 0. The van der Waals surface area contributed by atoms with Gasteiger partial charge in [-0.05, 0) is 13.1 Å². The van der Waals surface area contributed by atoms with Crippen molar-refractivity contribution in [3.63, 3.8) is 0 Å². The third-order valence-corrected chi connectivity index (χ3v) is 2.90. The molecule has 0 saturated heterocycles. The Morgan fingerprint density at radius 3 is 2.00 bits per heavy atom. The fraction of sp³-hybridized carbons (Fsp3) is 1.00. The van der Waals surface area contributed by atoms with E-state index in [4.69, 9.17) is 8.85 Å². The molecule has 0 aromatic carbocycles. The minimum atomic E-state index is -1.94. The zero-order valence-corrected chi connectivity index (χ0v) is 8.49. The predicted octanol–water partition coefficient (Wildman–Crippen LogP) is 1.91. The van der Waals surface area contributed by atoms with E-state index >= 15 is 0 Å². The maximum absolute atomic E-state index is 11.5. The van der Waals surface area contributed by atoms with Crippen molar-refractivity contribution in [3.05, 3.63) is 0 Å². The summed E-state index contributed by atoms with van der Waals surface area (Å²) in [6.07, 6.45) is 0. The van der Waals surface area contributed by atoms with Crippen LogP contribution in [0.3, 0.4) is 0 Å². The van der Waals surface area contributed by atoms with Gasteiger partial charge in [-0.3, -0.25) is 4.39 Å². The smallest absolute Gasteiger partial charge is 0.331 e. The van der Waals surface area contributed by atoms with E-state index in [-0.39, 0.29) is 6.61 Å². The minimum absolute atomic E-state index is 0.160. The monoisotopic (exact) mass is 186 g/mol. The molecule has 0 rings (SSSR count). The molecule has 0 saturated carbocycles. The van der Waals surface area contributed by atoms with E-state index < -0.39 is 15.2 Å². The average Bonchev–Trinajstić information content (AvgIpc) is 2.05. The van der Waals surface area contributed by atoms with Crippen molar-refractivity contribution in [2.45, 2.75) is 13.1 Å². The van der Waals surface area contributed by atoms with Crippen LogP contribution in [0.4, 0.5) is 8.78 Å². The van der Waals surface area contributed by atoms with Gasteiger partial charge in [-0.2, -0.15) is 0 Å². The first-order chi connectivity index (χ1) is 5.12. The van der Waals surface area contributed by atoms with Gasteiger partial charge in [0, 0.05) is 7.11 Å². The molecule has 0 N–H and O–H groups in total. The Bertz CT molecular complexity index is 81.0. The van der Waals surface area contributed by atoms with Crippen molar-refractivity contribution in [2.75, 3.05) is 27.6 Å². The molecule has 0 radical (unpaired) electrons. The Labute approximate surface area is 67.8 Å². The molecule has 5 heteroatoms. The third kappa shape index (κ3) is 10.00. The van der Waals surface area contributed by atoms with E-state index in [0.29, 0.717) is 7.18 Å². The summed E-state index contributed by atoms with van der Waals surface area (Å²) in [7, 11) is 0.150. The lowest BCUT2D eigenvalue weighted by atomic mass is 10.9. The molecule has 0 aliphatic rings. The van der Waals surface area contributed by atoms with E-state index in [2.05, 4.69) is 0 Å². The Kier molecular flexibility index (Phi) is 9.99. The molecule has 0 heterocycles. The zero-order chi connectivity index (χ0) is 9.33. The summed E-state index contributed by atoms with van der Waals surface area (Å²) in [6, 6.07) is 0. The number of alkyl halides is 2. The predicted molar refractivity (Wildman–Crippen MR) is 43.5 cm³/mol. The van der Waals surface area contributed by atoms with Gasteiger partial charge >= 0.3 is 8.56 Å². The summed E-state index contributed by atoms with van der Waals surface area (Å²) in [6.45, 7) is 3.48. The van der Waals surface area contributed by atoms with Crippen LogP contribution in [0.2, 0.25) is 13.1 Å². The van der Waals surface area contributed by atoms with Crippen LogP contribution in [0.15, 0.2) is 0 Å². The number of halogens is 2. The standard InChI is InChI=1S/C5H13FO2Si.CH3F/c1-7-9(2,3)8-5-4-6;1-2/h4-5H2,1-3H3;1H3. The maximum atomic E-state index is 11.5. The average molecular weight is 186 g/mol. The van der Waals surface area contributed by atoms with Crippen molar-refractivity contribution in [2.24, 2.45) is 0 Å². The van der Waals surface area contributed by atoms with Crippen molar-refractivity contribution in [1.29, 1.82) is 0 Å². The summed E-state index contributed by atoms with van der Waals surface area (Å²) in [4.78, 5) is 0. The van der Waals surface area contributed by atoms with Gasteiger partial charge in [0.1, 0.15) is 6.67 Å². The molecule has 0 amide bonds. The highest BCUT2D eigenvalue weighted by molar-refractivity contribution is 6.64. The molecule has 0 aliphatic carbocycles. The molecule has 70 valence electrons. The first-order valence-corrected chi connectivity index (χ1v) is 6.07. The van der Waals surface area contributed by atoms with E-state index in [1.807, 2.05) is 13.1 Å². The van der Waals surface area contributed by atoms with E-state index in [9.17, 15) is 8.78 Å². The summed E-state index contributed by atoms with van der Waals surface area (Å²) < 4.78 is 31.1. The van der Waals surface area contributed by atoms with Gasteiger partial charge in [0.15, 0.2) is 0 Å². The molecule has 11 heavy (non-hydrogen) atoms. The Balaban J connectivity index is 0. The van der Waals surface area contributed by atoms with Crippen LogP contribution in [0.1, 0.15) is 0 Å². The fourth-order valence-electron chi connectivity index (χ4n) is 0.343. The Morgan fingerprint density at radius 1 is 1.27 bits per heavy atom. The largest absolute Gasteiger partial charge is 0.398 e. The normalized spacial score (nSPS) is 10.4. The first-order valence-electron chi connectivity index (χ1n) is 3.25. The molecule has 0 fully saturated rings. The maximum Gasteiger partial charge on any atom is 0.331 e. The summed E-state index contributed by atoms with van der Waals surface area (Å²) in [5, 5.41) is 0. The summed E-state index contributed by atoms with van der Waals surface area (Å²) >= 11 is 0. The number of hydrogen-bond donors (Lipinski definition) is 0. The van der Waals surface area contributed by atoms with Crippen LogP contribution in [0, 0.1) is 0 Å². The van der Waals surface area contributed by atoms with E-state index in [1.54, 1.807) is 7.11 Å². The van der Waals surface area contributed by atoms with Crippen LogP contribution in [0.25, 0.3) is 0 Å². The Morgan fingerprint density at radius 2 is 1.73 bits per heavy atom. The fourth-order valence-corrected chi connectivity index (χ4v) is 1.03. The van der Waals surface area contributed by atoms with E-state index in [1.165, 1.54) is 0 Å². The van der Waals surface area contributed by atoms with Gasteiger partial charge < -0.3 is 8.85 Å². The molecule has 0 spiro atoms.